The second-order valence-corrected chi connectivity index (χ2v) is 7.40. The molecule has 0 saturated carbocycles. The molecular formula is C11H7Br2N3S. The van der Waals surface area contributed by atoms with E-state index in [0.29, 0.717) is 0 Å². The van der Waals surface area contributed by atoms with Gasteiger partial charge in [0.05, 0.1) is 13.1 Å². The van der Waals surface area contributed by atoms with Gasteiger partial charge in [0.25, 0.3) is 0 Å². The average molecular weight is 373 g/mol. The number of nitrogens with zero attached hydrogens (tertiary/aromatic N) is 2. The third kappa shape index (κ3) is 1.94. The van der Waals surface area contributed by atoms with Gasteiger partial charge < -0.3 is 4.98 Å². The molecule has 3 nitrogen and oxygen atoms in total. The fourth-order valence-electron chi connectivity index (χ4n) is 1.66. The van der Waals surface area contributed by atoms with Crippen molar-refractivity contribution in [1.29, 1.82) is 0 Å². The lowest BCUT2D eigenvalue weighted by Gasteiger charge is -1.92. The summed E-state index contributed by atoms with van der Waals surface area (Å²) in [6.45, 7) is 2.05. The number of H-pyrrole nitrogens is 1. The maximum absolute atomic E-state index is 4.51. The van der Waals surface area contributed by atoms with Crippen molar-refractivity contribution in [3.63, 3.8) is 0 Å². The van der Waals surface area contributed by atoms with Gasteiger partial charge in [-0.1, -0.05) is 0 Å². The fourth-order valence-corrected chi connectivity index (χ4v) is 4.47. The van der Waals surface area contributed by atoms with Gasteiger partial charge in [0.2, 0.25) is 0 Å². The summed E-state index contributed by atoms with van der Waals surface area (Å²) in [6.07, 6.45) is 1.78. The molecule has 0 bridgehead atoms. The molecule has 0 spiro atoms. The van der Waals surface area contributed by atoms with E-state index in [1.54, 1.807) is 17.5 Å². The van der Waals surface area contributed by atoms with Crippen LogP contribution in [0.2, 0.25) is 0 Å². The number of nitrogens with one attached hydrogen (secondary N) is 1. The van der Waals surface area contributed by atoms with Crippen LogP contribution in [-0.4, -0.2) is 15.0 Å². The number of aromatic nitrogens is 3. The Morgan fingerprint density at radius 1 is 1.35 bits per heavy atom. The molecule has 0 fully saturated rings. The van der Waals surface area contributed by atoms with Crippen molar-refractivity contribution < 1.29 is 0 Å². The van der Waals surface area contributed by atoms with Crippen LogP contribution < -0.4 is 0 Å². The molecule has 3 rings (SSSR count). The molecular weight excluding hydrogens is 366 g/mol. The number of hydrogen-bond acceptors (Lipinski definition) is 3. The predicted octanol–water partition coefficient (Wildman–Crippen LogP) is 4.52. The van der Waals surface area contributed by atoms with Crippen molar-refractivity contribution in [2.45, 2.75) is 6.92 Å². The van der Waals surface area contributed by atoms with Gasteiger partial charge in [-0.15, -0.1) is 11.3 Å². The first-order valence-electron chi connectivity index (χ1n) is 4.91. The highest BCUT2D eigenvalue weighted by molar-refractivity contribution is 9.12. The zero-order chi connectivity index (χ0) is 12.0. The SMILES string of the molecule is Cc1ccnc2nc(-c3cc(Br)sc3Br)[nH]c12. The molecule has 17 heavy (non-hydrogen) atoms. The Morgan fingerprint density at radius 3 is 2.82 bits per heavy atom. The van der Waals surface area contributed by atoms with Crippen LogP contribution in [0.4, 0.5) is 0 Å². The highest BCUT2D eigenvalue weighted by atomic mass is 79.9. The molecule has 3 aromatic heterocycles. The molecule has 0 atom stereocenters. The summed E-state index contributed by atoms with van der Waals surface area (Å²) >= 11 is 8.64. The molecule has 0 aromatic carbocycles. The Balaban J connectivity index is 2.25. The van der Waals surface area contributed by atoms with Crippen molar-refractivity contribution in [2.24, 2.45) is 0 Å². The lowest BCUT2D eigenvalue weighted by molar-refractivity contribution is 1.30. The summed E-state index contributed by atoms with van der Waals surface area (Å²) in [5, 5.41) is 0. The number of hydrogen-bond donors (Lipinski definition) is 1. The summed E-state index contributed by atoms with van der Waals surface area (Å²) in [5.74, 6) is 0.843. The fraction of sp³-hybridized carbons (Fsp3) is 0.0909. The van der Waals surface area contributed by atoms with Gasteiger partial charge in [-0.05, 0) is 56.5 Å². The van der Waals surface area contributed by atoms with Crippen molar-refractivity contribution in [2.75, 3.05) is 0 Å². The van der Waals surface area contributed by atoms with Crippen molar-refractivity contribution in [3.05, 3.63) is 31.5 Å². The first-order valence-corrected chi connectivity index (χ1v) is 7.32. The van der Waals surface area contributed by atoms with E-state index in [-0.39, 0.29) is 0 Å². The minimum Gasteiger partial charge on any atom is -0.336 e. The van der Waals surface area contributed by atoms with Crippen LogP contribution in [0.1, 0.15) is 5.56 Å². The maximum atomic E-state index is 4.51. The summed E-state index contributed by atoms with van der Waals surface area (Å²) in [7, 11) is 0. The lowest BCUT2D eigenvalue weighted by Crippen LogP contribution is -1.78. The second-order valence-electron chi connectivity index (χ2n) is 3.65. The van der Waals surface area contributed by atoms with Gasteiger partial charge in [0.15, 0.2) is 5.65 Å². The molecule has 0 aliphatic carbocycles. The van der Waals surface area contributed by atoms with Crippen LogP contribution in [0, 0.1) is 6.92 Å². The van der Waals surface area contributed by atoms with Crippen molar-refractivity contribution in [3.8, 4) is 11.4 Å². The molecule has 6 heteroatoms. The number of fused-ring (bicyclic) bond motifs is 1. The molecule has 0 saturated heterocycles. The normalized spacial score (nSPS) is 11.2. The summed E-state index contributed by atoms with van der Waals surface area (Å²) in [4.78, 5) is 12.1. The number of pyridine rings is 1. The number of aryl methyl sites for hydroxylation is 1. The molecule has 0 aliphatic heterocycles. The van der Waals surface area contributed by atoms with Crippen LogP contribution >= 0.6 is 43.2 Å². The van der Waals surface area contributed by atoms with Gasteiger partial charge in [-0.3, -0.25) is 0 Å². The summed E-state index contributed by atoms with van der Waals surface area (Å²) in [5.41, 5.74) is 3.96. The zero-order valence-electron chi connectivity index (χ0n) is 8.79. The third-order valence-corrected chi connectivity index (χ3v) is 4.85. The van der Waals surface area contributed by atoms with Crippen LogP contribution in [0.15, 0.2) is 25.9 Å². The number of aromatic amines is 1. The monoisotopic (exact) mass is 371 g/mol. The number of rotatable bonds is 1. The van der Waals surface area contributed by atoms with E-state index in [0.717, 1.165) is 35.7 Å². The first-order chi connectivity index (χ1) is 8.15. The van der Waals surface area contributed by atoms with Crippen LogP contribution in [-0.2, 0) is 0 Å². The van der Waals surface area contributed by atoms with Crippen LogP contribution in [0.5, 0.6) is 0 Å². The molecule has 0 amide bonds. The van der Waals surface area contributed by atoms with Crippen molar-refractivity contribution >= 4 is 54.4 Å². The van der Waals surface area contributed by atoms with Crippen LogP contribution in [0.3, 0.4) is 0 Å². The lowest BCUT2D eigenvalue weighted by atomic mass is 10.3. The Hall–Kier alpha value is -0.720. The summed E-state index contributed by atoms with van der Waals surface area (Å²) in [6, 6.07) is 4.02. The molecule has 3 heterocycles. The highest BCUT2D eigenvalue weighted by Gasteiger charge is 2.13. The largest absolute Gasteiger partial charge is 0.336 e. The minimum atomic E-state index is 0.759. The standard InChI is InChI=1S/C11H7Br2N3S/c1-5-2-3-14-11-8(5)15-10(16-11)6-4-7(12)17-9(6)13/h2-4H,1H3,(H,14,15,16). The Labute approximate surface area is 119 Å². The summed E-state index contributed by atoms with van der Waals surface area (Å²) < 4.78 is 2.13. The van der Waals surface area contributed by atoms with E-state index >= 15 is 0 Å². The highest BCUT2D eigenvalue weighted by Crippen LogP contribution is 2.37. The maximum Gasteiger partial charge on any atom is 0.178 e. The van der Waals surface area contributed by atoms with E-state index in [1.807, 2.05) is 19.1 Å². The van der Waals surface area contributed by atoms with E-state index in [2.05, 4.69) is 46.8 Å². The molecule has 3 aromatic rings. The Morgan fingerprint density at radius 2 is 2.18 bits per heavy atom. The van der Waals surface area contributed by atoms with Crippen molar-refractivity contribution in [1.82, 2.24) is 15.0 Å². The third-order valence-electron chi connectivity index (χ3n) is 2.51. The topological polar surface area (TPSA) is 41.6 Å². The molecule has 86 valence electrons. The number of halogens is 2. The van der Waals surface area contributed by atoms with E-state index in [9.17, 15) is 0 Å². The van der Waals surface area contributed by atoms with Gasteiger partial charge in [-0.2, -0.15) is 0 Å². The van der Waals surface area contributed by atoms with Gasteiger partial charge >= 0.3 is 0 Å². The van der Waals surface area contributed by atoms with E-state index < -0.39 is 0 Å². The zero-order valence-corrected chi connectivity index (χ0v) is 12.8. The molecule has 0 radical (unpaired) electrons. The quantitative estimate of drug-likeness (QED) is 0.682. The minimum absolute atomic E-state index is 0.759. The van der Waals surface area contributed by atoms with E-state index in [4.69, 9.17) is 0 Å². The predicted molar refractivity (Wildman–Crippen MR) is 77.3 cm³/mol. The molecule has 1 N–H and O–H groups in total. The number of imidazole rings is 1. The number of thiophene rings is 1. The molecule has 0 unspecified atom stereocenters. The first kappa shape index (κ1) is 11.4. The van der Waals surface area contributed by atoms with Gasteiger partial charge in [-0.25, -0.2) is 9.97 Å². The smallest absolute Gasteiger partial charge is 0.178 e. The molecule has 0 aliphatic rings. The van der Waals surface area contributed by atoms with Gasteiger partial charge in [0.1, 0.15) is 5.82 Å². The second kappa shape index (κ2) is 4.19. The Kier molecular flexibility index (Phi) is 2.80. The van der Waals surface area contributed by atoms with E-state index in [1.165, 1.54) is 0 Å². The van der Waals surface area contributed by atoms with Gasteiger partial charge in [0, 0.05) is 11.8 Å². The average Bonchev–Trinajstić information content (AvgIpc) is 2.82. The Bertz CT molecular complexity index is 702. The van der Waals surface area contributed by atoms with Crippen LogP contribution in [0.25, 0.3) is 22.6 Å².